The van der Waals surface area contributed by atoms with Gasteiger partial charge in [-0.2, -0.15) is 0 Å². The second-order valence-electron chi connectivity index (χ2n) is 6.18. The summed E-state index contributed by atoms with van der Waals surface area (Å²) in [6.07, 6.45) is 3.74. The molecule has 7 nitrogen and oxygen atoms in total. The van der Waals surface area contributed by atoms with Crippen LogP contribution >= 0.6 is 0 Å². The Morgan fingerprint density at radius 2 is 2.00 bits per heavy atom. The monoisotopic (exact) mass is 342 g/mol. The fraction of sp³-hybridized carbons (Fsp3) is 0.882. The minimum absolute atomic E-state index is 0.109. The molecule has 1 rings (SSSR count). The van der Waals surface area contributed by atoms with Crippen molar-refractivity contribution in [3.05, 3.63) is 0 Å². The molecule has 24 heavy (non-hydrogen) atoms. The lowest BCUT2D eigenvalue weighted by molar-refractivity contribution is -0.128. The van der Waals surface area contributed by atoms with Gasteiger partial charge in [-0.1, -0.05) is 0 Å². The van der Waals surface area contributed by atoms with E-state index < -0.39 is 0 Å². The summed E-state index contributed by atoms with van der Waals surface area (Å²) in [7, 11) is 5.26. The minimum atomic E-state index is 0.109. The maximum atomic E-state index is 11.6. The lowest BCUT2D eigenvalue weighted by Gasteiger charge is -2.34. The second kappa shape index (κ2) is 12.1. The van der Waals surface area contributed by atoms with E-state index in [1.165, 1.54) is 0 Å². The Bertz CT molecular complexity index is 380. The van der Waals surface area contributed by atoms with Crippen LogP contribution in [0.5, 0.6) is 0 Å². The van der Waals surface area contributed by atoms with Gasteiger partial charge in [0.05, 0.1) is 12.6 Å². The summed E-state index contributed by atoms with van der Waals surface area (Å²) in [6.45, 7) is 6.79. The lowest BCUT2D eigenvalue weighted by Crippen LogP contribution is -2.47. The van der Waals surface area contributed by atoms with Crippen LogP contribution < -0.4 is 5.32 Å². The molecule has 0 aliphatic carbocycles. The van der Waals surface area contributed by atoms with Crippen LogP contribution in [0.15, 0.2) is 4.99 Å². The van der Waals surface area contributed by atoms with E-state index in [1.807, 2.05) is 0 Å². The van der Waals surface area contributed by atoms with Gasteiger partial charge in [0.1, 0.15) is 0 Å². The number of hydrogen-bond acceptors (Lipinski definition) is 4. The van der Waals surface area contributed by atoms with Crippen molar-refractivity contribution in [2.75, 3.05) is 60.6 Å². The average molecular weight is 342 g/mol. The first-order valence-corrected chi connectivity index (χ1v) is 8.92. The standard InChI is InChI=1S/C17H34N4O3/c1-5-18-17(19-10-7-16(22)20(2)3)21-11-8-15(9-12-21)24-14-6-13-23-4/h15H,5-14H2,1-4H3,(H,18,19). The summed E-state index contributed by atoms with van der Waals surface area (Å²) in [5, 5.41) is 3.32. The number of likely N-dealkylation sites (tertiary alicyclic amines) is 1. The van der Waals surface area contributed by atoms with Crippen molar-refractivity contribution in [1.29, 1.82) is 0 Å². The average Bonchev–Trinajstić information content (AvgIpc) is 2.58. The molecule has 1 saturated heterocycles. The third-order valence-corrected chi connectivity index (χ3v) is 4.01. The van der Waals surface area contributed by atoms with Crippen molar-refractivity contribution in [3.63, 3.8) is 0 Å². The van der Waals surface area contributed by atoms with Crippen molar-refractivity contribution < 1.29 is 14.3 Å². The molecule has 1 aliphatic rings. The summed E-state index contributed by atoms with van der Waals surface area (Å²) in [5.41, 5.74) is 0. The van der Waals surface area contributed by atoms with Crippen molar-refractivity contribution in [2.24, 2.45) is 4.99 Å². The number of methoxy groups -OCH3 is 1. The molecule has 1 N–H and O–H groups in total. The second-order valence-corrected chi connectivity index (χ2v) is 6.18. The van der Waals surface area contributed by atoms with E-state index in [0.29, 0.717) is 19.1 Å². The number of aliphatic imine (C=N–C) groups is 1. The van der Waals surface area contributed by atoms with Gasteiger partial charge in [-0.15, -0.1) is 0 Å². The van der Waals surface area contributed by atoms with E-state index in [-0.39, 0.29) is 5.91 Å². The van der Waals surface area contributed by atoms with Crippen LogP contribution in [0, 0.1) is 0 Å². The molecular formula is C17H34N4O3. The van der Waals surface area contributed by atoms with Crippen molar-refractivity contribution in [1.82, 2.24) is 15.1 Å². The topological polar surface area (TPSA) is 66.4 Å². The smallest absolute Gasteiger partial charge is 0.223 e. The summed E-state index contributed by atoms with van der Waals surface area (Å²) >= 11 is 0. The Morgan fingerprint density at radius 3 is 2.58 bits per heavy atom. The zero-order valence-corrected chi connectivity index (χ0v) is 15.7. The normalized spacial score (nSPS) is 16.3. The first-order chi connectivity index (χ1) is 11.6. The molecule has 0 spiro atoms. The van der Waals surface area contributed by atoms with Crippen LogP contribution in [0.4, 0.5) is 0 Å². The minimum Gasteiger partial charge on any atom is -0.385 e. The zero-order chi connectivity index (χ0) is 17.8. The Kier molecular flexibility index (Phi) is 10.4. The number of guanidine groups is 1. The van der Waals surface area contributed by atoms with E-state index in [0.717, 1.165) is 58.1 Å². The molecule has 0 unspecified atom stereocenters. The molecule has 1 fully saturated rings. The number of ether oxygens (including phenoxy) is 2. The number of amides is 1. The number of nitrogens with one attached hydrogen (secondary N) is 1. The van der Waals surface area contributed by atoms with Gasteiger partial charge in [0, 0.05) is 60.5 Å². The third-order valence-electron chi connectivity index (χ3n) is 4.01. The number of rotatable bonds is 9. The number of hydrogen-bond donors (Lipinski definition) is 1. The molecule has 0 bridgehead atoms. The quantitative estimate of drug-likeness (QED) is 0.384. The lowest BCUT2D eigenvalue weighted by atomic mass is 10.1. The Balaban J connectivity index is 2.37. The number of carbonyl (C=O) groups is 1. The molecule has 0 aromatic carbocycles. The van der Waals surface area contributed by atoms with Crippen LogP contribution in [0.1, 0.15) is 32.6 Å². The summed E-state index contributed by atoms with van der Waals surface area (Å²) in [6, 6.07) is 0. The van der Waals surface area contributed by atoms with Gasteiger partial charge in [-0.25, -0.2) is 0 Å². The largest absolute Gasteiger partial charge is 0.385 e. The Hall–Kier alpha value is -1.34. The molecule has 7 heteroatoms. The van der Waals surface area contributed by atoms with Gasteiger partial charge >= 0.3 is 0 Å². The van der Waals surface area contributed by atoms with E-state index in [2.05, 4.69) is 22.1 Å². The maximum absolute atomic E-state index is 11.6. The van der Waals surface area contributed by atoms with E-state index >= 15 is 0 Å². The van der Waals surface area contributed by atoms with Gasteiger partial charge < -0.3 is 24.6 Å². The zero-order valence-electron chi connectivity index (χ0n) is 15.7. The fourth-order valence-electron chi connectivity index (χ4n) is 2.59. The van der Waals surface area contributed by atoms with Gasteiger partial charge in [0.15, 0.2) is 5.96 Å². The van der Waals surface area contributed by atoms with Crippen molar-refractivity contribution in [3.8, 4) is 0 Å². The predicted molar refractivity (Wildman–Crippen MR) is 96.3 cm³/mol. The van der Waals surface area contributed by atoms with Crippen LogP contribution in [-0.2, 0) is 14.3 Å². The van der Waals surface area contributed by atoms with E-state index in [4.69, 9.17) is 9.47 Å². The highest BCUT2D eigenvalue weighted by Gasteiger charge is 2.21. The van der Waals surface area contributed by atoms with E-state index in [9.17, 15) is 4.79 Å². The van der Waals surface area contributed by atoms with Crippen LogP contribution in [-0.4, -0.2) is 88.4 Å². The molecule has 0 aromatic rings. The fourth-order valence-corrected chi connectivity index (χ4v) is 2.59. The molecule has 1 heterocycles. The van der Waals surface area contributed by atoms with Gasteiger partial charge in [-0.3, -0.25) is 9.79 Å². The van der Waals surface area contributed by atoms with E-state index in [1.54, 1.807) is 26.1 Å². The van der Waals surface area contributed by atoms with Gasteiger partial charge in [-0.05, 0) is 26.2 Å². The number of nitrogens with zero attached hydrogens (tertiary/aromatic N) is 3. The molecular weight excluding hydrogens is 308 g/mol. The molecule has 0 radical (unpaired) electrons. The van der Waals surface area contributed by atoms with Crippen molar-refractivity contribution >= 4 is 11.9 Å². The number of carbonyl (C=O) groups excluding carboxylic acids is 1. The summed E-state index contributed by atoms with van der Waals surface area (Å²) in [4.78, 5) is 20.1. The molecule has 0 aromatic heterocycles. The van der Waals surface area contributed by atoms with Gasteiger partial charge in [0.25, 0.3) is 0 Å². The SMILES string of the molecule is CCNC(=NCCC(=O)N(C)C)N1CCC(OCCCOC)CC1. The van der Waals surface area contributed by atoms with Crippen LogP contribution in [0.3, 0.4) is 0 Å². The third kappa shape index (κ3) is 7.97. The number of piperidine rings is 1. The first-order valence-electron chi connectivity index (χ1n) is 8.92. The maximum Gasteiger partial charge on any atom is 0.223 e. The molecule has 1 aliphatic heterocycles. The van der Waals surface area contributed by atoms with Crippen molar-refractivity contribution in [2.45, 2.75) is 38.7 Å². The first kappa shape index (κ1) is 20.7. The molecule has 1 amide bonds. The van der Waals surface area contributed by atoms with Crippen LogP contribution in [0.2, 0.25) is 0 Å². The Labute approximate surface area is 146 Å². The molecule has 0 saturated carbocycles. The summed E-state index contributed by atoms with van der Waals surface area (Å²) in [5.74, 6) is 1.01. The highest BCUT2D eigenvalue weighted by Crippen LogP contribution is 2.14. The molecule has 0 atom stereocenters. The highest BCUT2D eigenvalue weighted by molar-refractivity contribution is 5.81. The predicted octanol–water partition coefficient (Wildman–Crippen LogP) is 0.948. The Morgan fingerprint density at radius 1 is 1.29 bits per heavy atom. The molecule has 140 valence electrons. The summed E-state index contributed by atoms with van der Waals surface area (Å²) < 4.78 is 10.9. The highest BCUT2D eigenvalue weighted by atomic mass is 16.5. The van der Waals surface area contributed by atoms with Crippen LogP contribution in [0.25, 0.3) is 0 Å². The van der Waals surface area contributed by atoms with Gasteiger partial charge in [0.2, 0.25) is 5.91 Å².